The summed E-state index contributed by atoms with van der Waals surface area (Å²) in [6.07, 6.45) is 48.9. The van der Waals surface area contributed by atoms with Gasteiger partial charge in [0.25, 0.3) is 0 Å². The van der Waals surface area contributed by atoms with Gasteiger partial charge in [0.05, 0.1) is 22.9 Å². The molecule has 0 radical (unpaired) electrons. The molecule has 0 saturated carbocycles. The number of aryl methyl sites for hydroxylation is 6. The molecule has 0 N–H and O–H groups in total. The molecule has 480 valence electrons. The van der Waals surface area contributed by atoms with E-state index in [4.69, 9.17) is 21.6 Å². The molecule has 10 aromatic heterocycles. The van der Waals surface area contributed by atoms with Crippen LogP contribution < -0.4 is 0 Å². The zero-order valence-corrected chi connectivity index (χ0v) is 63.2. The molecule has 11 rings (SSSR count). The second kappa shape index (κ2) is 34.4. The predicted octanol–water partition coefficient (Wildman–Crippen LogP) is 29.4. The molecule has 0 unspecified atom stereocenters. The summed E-state index contributed by atoms with van der Waals surface area (Å²) in [5.41, 5.74) is 10.9. The van der Waals surface area contributed by atoms with Gasteiger partial charge in [0.2, 0.25) is 0 Å². The number of nitrogens with zero attached hydrogens (tertiary/aromatic N) is 2. The third-order valence-corrected chi connectivity index (χ3v) is 29.7. The first-order valence-electron chi connectivity index (χ1n) is 34.4. The van der Waals surface area contributed by atoms with Gasteiger partial charge in [0.15, 0.2) is 0 Å². The molecule has 0 aliphatic heterocycles. The third kappa shape index (κ3) is 16.8. The topological polar surface area (TPSA) is 25.8 Å². The second-order valence-corrected chi connectivity index (χ2v) is 35.6. The zero-order chi connectivity index (χ0) is 63.8. The largest absolute Gasteiger partial charge is 0.172 e. The molecule has 0 aliphatic carbocycles. The minimum atomic E-state index is 0.720. The van der Waals surface area contributed by atoms with Gasteiger partial charge in [-0.3, -0.25) is 0 Å². The van der Waals surface area contributed by atoms with Crippen LogP contribution in [0.1, 0.15) is 225 Å². The molecule has 0 saturated heterocycles. The number of benzene rings is 1. The van der Waals surface area contributed by atoms with Crippen LogP contribution >= 0.6 is 114 Å². The summed E-state index contributed by atoms with van der Waals surface area (Å²) in [6, 6.07) is 33.3. The smallest absolute Gasteiger partial charge is 0.115 e. The van der Waals surface area contributed by atoms with Crippen molar-refractivity contribution in [2.45, 2.75) is 221 Å². The monoisotopic (exact) mass is 1400 g/mol. The summed E-state index contributed by atoms with van der Waals surface area (Å²) in [6.45, 7) is 13.7. The van der Waals surface area contributed by atoms with Crippen LogP contribution in [0, 0.1) is 38.5 Å². The maximum atomic E-state index is 6.62. The van der Waals surface area contributed by atoms with Crippen molar-refractivity contribution in [1.82, 2.24) is 8.75 Å². The Hall–Kier alpha value is -4.54. The molecule has 0 bridgehead atoms. The number of rotatable bonds is 37. The lowest BCUT2D eigenvalue weighted by molar-refractivity contribution is 0.608. The molecule has 0 aliphatic rings. The van der Waals surface area contributed by atoms with Crippen LogP contribution in [0.5, 0.6) is 0 Å². The highest BCUT2D eigenvalue weighted by Gasteiger charge is 2.27. The van der Waals surface area contributed by atoms with E-state index >= 15 is 0 Å². The molecule has 10 heterocycles. The number of hydrogen-bond donors (Lipinski definition) is 0. The minimum absolute atomic E-state index is 0.720. The van der Waals surface area contributed by atoms with Crippen LogP contribution in [-0.4, -0.2) is 8.75 Å². The predicted molar refractivity (Wildman–Crippen MR) is 421 cm³/mol. The summed E-state index contributed by atoms with van der Waals surface area (Å²) in [4.78, 5) is 24.2. The Labute approximate surface area is 591 Å². The average Bonchev–Trinajstić information content (AvgIpc) is 1.44. The Balaban J connectivity index is 0.886. The molecule has 0 atom stereocenters. The first-order chi connectivity index (χ1) is 45.2. The first kappa shape index (κ1) is 68.8. The lowest BCUT2D eigenvalue weighted by Crippen LogP contribution is -1.95. The van der Waals surface area contributed by atoms with E-state index in [0.29, 0.717) is 0 Å². The summed E-state index contributed by atoms with van der Waals surface area (Å²) >= 11 is 18.6. The lowest BCUT2D eigenvalue weighted by atomic mass is 9.92. The zero-order valence-electron chi connectivity index (χ0n) is 55.0. The minimum Gasteiger partial charge on any atom is -0.172 e. The Bertz CT molecular complexity index is 4220. The van der Waals surface area contributed by atoms with Crippen molar-refractivity contribution in [1.29, 1.82) is 0 Å². The molecule has 0 amide bonds. The normalized spacial score (nSPS) is 11.7. The van der Waals surface area contributed by atoms with E-state index in [9.17, 15) is 0 Å². The van der Waals surface area contributed by atoms with E-state index in [1.807, 2.05) is 79.4 Å². The number of aromatic nitrogens is 2. The molecule has 92 heavy (non-hydrogen) atoms. The van der Waals surface area contributed by atoms with Gasteiger partial charge in [-0.05, 0) is 172 Å². The Morgan fingerprint density at radius 1 is 0.293 bits per heavy atom. The van der Waals surface area contributed by atoms with E-state index in [1.54, 1.807) is 28.2 Å². The van der Waals surface area contributed by atoms with Gasteiger partial charge in [-0.1, -0.05) is 168 Å². The highest BCUT2D eigenvalue weighted by molar-refractivity contribution is 7.31. The molecular formula is C80H90N2S10. The number of hydrogen-bond acceptors (Lipinski definition) is 12. The van der Waals surface area contributed by atoms with Gasteiger partial charge in [-0.25, -0.2) is 0 Å². The Morgan fingerprint density at radius 2 is 0.587 bits per heavy atom. The molecule has 0 spiro atoms. The first-order valence-corrected chi connectivity index (χ1v) is 42.5. The maximum Gasteiger partial charge on any atom is 0.115 e. The molecule has 2 nitrogen and oxygen atoms in total. The van der Waals surface area contributed by atoms with E-state index in [1.165, 1.54) is 267 Å². The van der Waals surface area contributed by atoms with Crippen LogP contribution in [0.2, 0.25) is 0 Å². The van der Waals surface area contributed by atoms with Gasteiger partial charge in [0.1, 0.15) is 11.0 Å². The third-order valence-electron chi connectivity index (χ3n) is 17.8. The van der Waals surface area contributed by atoms with Crippen LogP contribution in [-0.2, 0) is 25.7 Å². The van der Waals surface area contributed by atoms with Crippen LogP contribution in [0.4, 0.5) is 0 Å². The second-order valence-electron chi connectivity index (χ2n) is 25.0. The highest BCUT2D eigenvalue weighted by atomic mass is 32.1. The average molecular weight is 1400 g/mol. The number of unbranched alkanes of at least 4 members (excludes halogenated alkanes) is 20. The molecule has 12 heteroatoms. The Morgan fingerprint density at radius 3 is 0.946 bits per heavy atom. The Kier molecular flexibility index (Phi) is 25.7. The molecule has 0 fully saturated rings. The molecule has 11 aromatic rings. The van der Waals surface area contributed by atoms with Gasteiger partial charge >= 0.3 is 0 Å². The van der Waals surface area contributed by atoms with E-state index < -0.39 is 0 Å². The fourth-order valence-corrected chi connectivity index (χ4v) is 24.0. The van der Waals surface area contributed by atoms with Crippen LogP contribution in [0.15, 0.2) is 84.9 Å². The van der Waals surface area contributed by atoms with Gasteiger partial charge in [-0.15, -0.1) is 115 Å². The number of thiophene rings is 9. The van der Waals surface area contributed by atoms with Crippen molar-refractivity contribution in [3.8, 4) is 114 Å². The fourth-order valence-electron chi connectivity index (χ4n) is 12.9. The summed E-state index contributed by atoms with van der Waals surface area (Å²) in [7, 11) is 0. The molecule has 1 aromatic carbocycles. The van der Waals surface area contributed by atoms with Crippen LogP contribution in [0.25, 0.3) is 100 Å². The fraction of sp³-hybridized carbons (Fsp3) is 0.425. The van der Waals surface area contributed by atoms with Gasteiger partial charge in [-0.2, -0.15) is 8.75 Å². The lowest BCUT2D eigenvalue weighted by Gasteiger charge is -2.11. The van der Waals surface area contributed by atoms with Gasteiger partial charge in [0, 0.05) is 98.9 Å². The van der Waals surface area contributed by atoms with Gasteiger partial charge < -0.3 is 0 Å². The van der Waals surface area contributed by atoms with Crippen LogP contribution in [0.3, 0.4) is 0 Å². The van der Waals surface area contributed by atoms with Crippen molar-refractivity contribution >= 4 is 125 Å². The maximum absolute atomic E-state index is 6.62. The van der Waals surface area contributed by atoms with Crippen molar-refractivity contribution in [3.05, 3.63) is 128 Å². The van der Waals surface area contributed by atoms with E-state index in [2.05, 4.69) is 138 Å². The van der Waals surface area contributed by atoms with E-state index in [0.717, 1.165) is 62.3 Å². The summed E-state index contributed by atoms with van der Waals surface area (Å²) in [5.74, 6) is 6.24. The highest BCUT2D eigenvalue weighted by Crippen LogP contribution is 2.53. The SMILES string of the molecule is C#Cc1c(C#C)c(-c2ccc(-c3cc(CCCCCCCC)c(-c4ccc(-c5sc(-c6ccc(-c7sc(C)cc7CCCCCCCC)s6)cc5CCCCCCCC)s4)s3)s2)c2nsnc2c1-c1ccc(-c2cc(CCCCCCCC)c(-c3ccc(C)s3)s2)s1. The van der Waals surface area contributed by atoms with Crippen molar-refractivity contribution < 1.29 is 0 Å². The summed E-state index contributed by atoms with van der Waals surface area (Å²) in [5, 5.41) is 0. The van der Waals surface area contributed by atoms with E-state index in [-0.39, 0.29) is 0 Å². The number of terminal acetylenes is 2. The molecular weight excluding hydrogens is 1310 g/mol. The van der Waals surface area contributed by atoms with Crippen molar-refractivity contribution in [3.63, 3.8) is 0 Å². The van der Waals surface area contributed by atoms with Crippen molar-refractivity contribution in [2.75, 3.05) is 0 Å². The number of fused-ring (bicyclic) bond motifs is 1. The summed E-state index contributed by atoms with van der Waals surface area (Å²) < 4.78 is 10.1. The van der Waals surface area contributed by atoms with Crippen molar-refractivity contribution in [2.24, 2.45) is 0 Å². The standard InChI is InChI=1S/C80H90N2S10/c1-9-15-19-23-27-31-35-55-49-54(8)84-77(55)67-46-43-63(87-67)72-52-58(38-34-30-26-22-18-12-4)80(91-72)69-48-47-68(88-69)79-57(37-33-29-25-21-17-11-3)51-71(90-79)62-42-45-65(86-62)74-60(14-6)59(13-5)73(75-76(74)82-92-81-75)64-44-41-61(85-64)70-50-56(36-32-28-24-20-16-10-2)78(89-70)66-40-39-53(7)83-66/h5-6,39-52H,9-12,15-38H2,1-4,7-8H3. The quantitative estimate of drug-likeness (QED) is 0.0286.